The van der Waals surface area contributed by atoms with Crippen molar-refractivity contribution in [1.29, 1.82) is 0 Å². The number of esters is 1. The molecule has 0 bridgehead atoms. The van der Waals surface area contributed by atoms with Gasteiger partial charge in [0.15, 0.2) is 0 Å². The molecule has 4 nitrogen and oxygen atoms in total. The lowest BCUT2D eigenvalue weighted by atomic mass is 9.46. The highest BCUT2D eigenvalue weighted by atomic mass is 16.5. The Morgan fingerprint density at radius 3 is 2.42 bits per heavy atom. The quantitative estimate of drug-likeness (QED) is 0.528. The third-order valence-corrected chi connectivity index (χ3v) is 10.2. The number of fused-ring (bicyclic) bond motifs is 5. The number of hydrogen-bond donors (Lipinski definition) is 0. The summed E-state index contributed by atoms with van der Waals surface area (Å²) in [5.41, 5.74) is 0.525. The second-order valence-corrected chi connectivity index (χ2v) is 13.1. The SMILES string of the molecule is CC(OC(=O)CC(C)(C)C)[C@H]1CC[C@H]2[C@@H]3CC[C@H]4N(C)C(=O)CC[C@]4(C)[C@H]3CC[C@]12C. The molecule has 0 radical (unpaired) electrons. The summed E-state index contributed by atoms with van der Waals surface area (Å²) in [6.07, 6.45) is 9.67. The summed E-state index contributed by atoms with van der Waals surface area (Å²) in [5, 5.41) is 0. The number of amides is 1. The maximum Gasteiger partial charge on any atom is 0.306 e. The van der Waals surface area contributed by atoms with E-state index >= 15 is 0 Å². The molecular weight excluding hydrogens is 386 g/mol. The number of ether oxygens (including phenoxy) is 1. The van der Waals surface area contributed by atoms with Crippen LogP contribution in [0.1, 0.15) is 99.3 Å². The Balaban J connectivity index is 1.49. The molecule has 0 spiro atoms. The van der Waals surface area contributed by atoms with Crippen LogP contribution in [0.15, 0.2) is 0 Å². The molecule has 1 aliphatic heterocycles. The van der Waals surface area contributed by atoms with Gasteiger partial charge >= 0.3 is 5.97 Å². The summed E-state index contributed by atoms with van der Waals surface area (Å²) < 4.78 is 6.01. The van der Waals surface area contributed by atoms with Gasteiger partial charge in [-0.25, -0.2) is 0 Å². The number of likely N-dealkylation sites (tertiary alicyclic amines) is 1. The molecule has 0 aromatic heterocycles. The first-order valence-corrected chi connectivity index (χ1v) is 12.8. The van der Waals surface area contributed by atoms with Crippen LogP contribution in [0.5, 0.6) is 0 Å². The lowest BCUT2D eigenvalue weighted by molar-refractivity contribution is -0.165. The standard InChI is InChI=1S/C27H45NO3/c1-17(31-24(30)16-25(2,3)4)19-9-10-20-18-8-11-22-27(6,15-13-23(29)28(22)7)21(18)12-14-26(19,20)5/h17-22H,8-16H2,1-7H3/t17?,18-,19+,20-,21-,22+,26+,27+/m0/s1. The zero-order valence-electron chi connectivity index (χ0n) is 21.0. The number of carbonyl (C=O) groups is 2. The molecule has 0 N–H and O–H groups in total. The maximum absolute atomic E-state index is 12.5. The molecule has 0 aromatic rings. The summed E-state index contributed by atoms with van der Waals surface area (Å²) in [6.45, 7) is 13.4. The Bertz CT molecular complexity index is 726. The molecule has 176 valence electrons. The number of nitrogens with zero attached hydrogens (tertiary/aromatic N) is 1. The van der Waals surface area contributed by atoms with E-state index in [2.05, 4.69) is 46.4 Å². The van der Waals surface area contributed by atoms with Crippen molar-refractivity contribution < 1.29 is 14.3 Å². The van der Waals surface area contributed by atoms with Gasteiger partial charge in [0.25, 0.3) is 0 Å². The molecule has 1 saturated heterocycles. The predicted molar refractivity (Wildman–Crippen MR) is 123 cm³/mol. The van der Waals surface area contributed by atoms with Crippen LogP contribution in [0.4, 0.5) is 0 Å². The number of rotatable bonds is 3. The van der Waals surface area contributed by atoms with E-state index in [1.54, 1.807) is 0 Å². The van der Waals surface area contributed by atoms with Crippen molar-refractivity contribution in [2.75, 3.05) is 7.05 Å². The molecule has 3 saturated carbocycles. The Morgan fingerprint density at radius 1 is 1.06 bits per heavy atom. The van der Waals surface area contributed by atoms with Gasteiger partial charge in [-0.15, -0.1) is 0 Å². The molecule has 1 amide bonds. The normalized spacial score (nSPS) is 43.6. The monoisotopic (exact) mass is 431 g/mol. The van der Waals surface area contributed by atoms with E-state index in [4.69, 9.17) is 4.74 Å². The topological polar surface area (TPSA) is 46.6 Å². The van der Waals surface area contributed by atoms with Crippen LogP contribution in [0.3, 0.4) is 0 Å². The van der Waals surface area contributed by atoms with E-state index < -0.39 is 0 Å². The van der Waals surface area contributed by atoms with Crippen molar-refractivity contribution in [1.82, 2.24) is 4.90 Å². The van der Waals surface area contributed by atoms with Crippen molar-refractivity contribution in [3.8, 4) is 0 Å². The molecule has 4 heteroatoms. The largest absolute Gasteiger partial charge is 0.462 e. The zero-order valence-corrected chi connectivity index (χ0v) is 21.0. The second kappa shape index (κ2) is 7.76. The molecule has 1 heterocycles. The Hall–Kier alpha value is -1.06. The molecule has 31 heavy (non-hydrogen) atoms. The second-order valence-electron chi connectivity index (χ2n) is 13.1. The third-order valence-electron chi connectivity index (χ3n) is 10.2. The van der Waals surface area contributed by atoms with E-state index in [-0.39, 0.29) is 28.3 Å². The fourth-order valence-corrected chi connectivity index (χ4v) is 8.73. The molecule has 3 aliphatic carbocycles. The maximum atomic E-state index is 12.5. The highest BCUT2D eigenvalue weighted by molar-refractivity contribution is 5.77. The van der Waals surface area contributed by atoms with Crippen molar-refractivity contribution >= 4 is 11.9 Å². The molecule has 0 aromatic carbocycles. The average Bonchev–Trinajstić information content (AvgIpc) is 3.01. The van der Waals surface area contributed by atoms with Gasteiger partial charge in [-0.05, 0) is 85.9 Å². The highest BCUT2D eigenvalue weighted by Gasteiger charge is 2.61. The van der Waals surface area contributed by atoms with Gasteiger partial charge < -0.3 is 9.64 Å². The summed E-state index contributed by atoms with van der Waals surface area (Å²) in [7, 11) is 2.04. The van der Waals surface area contributed by atoms with E-state index in [9.17, 15) is 9.59 Å². The van der Waals surface area contributed by atoms with Crippen LogP contribution >= 0.6 is 0 Å². The van der Waals surface area contributed by atoms with Crippen LogP contribution in [0.2, 0.25) is 0 Å². The number of hydrogen-bond acceptors (Lipinski definition) is 3. The zero-order chi connectivity index (χ0) is 22.8. The first kappa shape index (κ1) is 23.1. The fraction of sp³-hybridized carbons (Fsp3) is 0.926. The molecule has 8 atom stereocenters. The van der Waals surface area contributed by atoms with Gasteiger partial charge in [0, 0.05) is 25.4 Å². The summed E-state index contributed by atoms with van der Waals surface area (Å²) in [5.74, 6) is 3.02. The highest BCUT2D eigenvalue weighted by Crippen LogP contribution is 2.66. The summed E-state index contributed by atoms with van der Waals surface area (Å²) in [6, 6.07) is 0.425. The molecular formula is C27H45NO3. The Morgan fingerprint density at radius 2 is 1.74 bits per heavy atom. The minimum Gasteiger partial charge on any atom is -0.462 e. The average molecular weight is 432 g/mol. The van der Waals surface area contributed by atoms with Crippen LogP contribution in [0, 0.1) is 39.9 Å². The van der Waals surface area contributed by atoms with Crippen molar-refractivity contribution in [2.45, 2.75) is 111 Å². The van der Waals surface area contributed by atoms with Gasteiger partial charge in [0.05, 0.1) is 6.42 Å². The molecule has 4 fully saturated rings. The smallest absolute Gasteiger partial charge is 0.306 e. The molecule has 4 rings (SSSR count). The minimum atomic E-state index is -0.0383. The lowest BCUT2D eigenvalue weighted by Crippen LogP contribution is -2.61. The van der Waals surface area contributed by atoms with Gasteiger partial charge in [0.2, 0.25) is 5.91 Å². The van der Waals surface area contributed by atoms with Crippen LogP contribution in [-0.4, -0.2) is 36.0 Å². The fourth-order valence-electron chi connectivity index (χ4n) is 8.73. The Kier molecular flexibility index (Phi) is 5.79. The van der Waals surface area contributed by atoms with Crippen LogP contribution < -0.4 is 0 Å². The summed E-state index contributed by atoms with van der Waals surface area (Å²) >= 11 is 0. The van der Waals surface area contributed by atoms with Gasteiger partial charge in [-0.2, -0.15) is 0 Å². The van der Waals surface area contributed by atoms with Crippen LogP contribution in [0.25, 0.3) is 0 Å². The Labute approximate surface area is 189 Å². The van der Waals surface area contributed by atoms with Crippen molar-refractivity contribution in [3.63, 3.8) is 0 Å². The van der Waals surface area contributed by atoms with E-state index in [0.29, 0.717) is 24.3 Å². The van der Waals surface area contributed by atoms with Crippen molar-refractivity contribution in [2.24, 2.45) is 39.9 Å². The number of carbonyl (C=O) groups excluding carboxylic acids is 2. The van der Waals surface area contributed by atoms with Gasteiger partial charge in [-0.3, -0.25) is 9.59 Å². The van der Waals surface area contributed by atoms with E-state index in [0.717, 1.165) is 37.0 Å². The first-order chi connectivity index (χ1) is 14.4. The lowest BCUT2D eigenvalue weighted by Gasteiger charge is -2.62. The van der Waals surface area contributed by atoms with Gasteiger partial charge in [-0.1, -0.05) is 34.6 Å². The molecule has 4 aliphatic rings. The summed E-state index contributed by atoms with van der Waals surface area (Å²) in [4.78, 5) is 27.0. The van der Waals surface area contributed by atoms with Crippen LogP contribution in [-0.2, 0) is 14.3 Å². The van der Waals surface area contributed by atoms with Crippen molar-refractivity contribution in [3.05, 3.63) is 0 Å². The molecule has 1 unspecified atom stereocenters. The predicted octanol–water partition coefficient (Wildman–Crippen LogP) is 5.83. The van der Waals surface area contributed by atoms with E-state index in [1.165, 1.54) is 32.1 Å². The number of piperidine rings is 1. The van der Waals surface area contributed by atoms with E-state index in [1.807, 2.05) is 7.05 Å². The first-order valence-electron chi connectivity index (χ1n) is 12.8. The minimum absolute atomic E-state index is 0.00626. The third kappa shape index (κ3) is 3.84. The van der Waals surface area contributed by atoms with Gasteiger partial charge in [0.1, 0.15) is 6.10 Å².